The Morgan fingerprint density at radius 2 is 2.20 bits per heavy atom. The highest BCUT2D eigenvalue weighted by Crippen LogP contribution is 2.21. The highest BCUT2D eigenvalue weighted by molar-refractivity contribution is 5.79. The summed E-state index contributed by atoms with van der Waals surface area (Å²) in [7, 11) is 1.69. The predicted octanol–water partition coefficient (Wildman–Crippen LogP) is 3.16. The average Bonchev–Trinajstić information content (AvgIpc) is 2.50. The van der Waals surface area contributed by atoms with Gasteiger partial charge in [0.05, 0.1) is 6.10 Å². The van der Waals surface area contributed by atoms with Crippen molar-refractivity contribution in [1.82, 2.24) is 5.32 Å². The number of allylic oxidation sites excluding steroid dienone is 2. The van der Waals surface area contributed by atoms with Crippen LogP contribution in [0, 0.1) is 12.8 Å². The summed E-state index contributed by atoms with van der Waals surface area (Å²) < 4.78 is 5.53. The van der Waals surface area contributed by atoms with Gasteiger partial charge in [0, 0.05) is 19.6 Å². The Morgan fingerprint density at radius 3 is 2.85 bits per heavy atom. The van der Waals surface area contributed by atoms with Crippen molar-refractivity contribution in [2.24, 2.45) is 5.92 Å². The zero-order chi connectivity index (χ0) is 14.4. The Labute approximate surface area is 121 Å². The number of carbonyl (C=O) groups excluding carboxylic acids is 1. The Hall–Kier alpha value is -1.61. The zero-order valence-corrected chi connectivity index (χ0v) is 12.3. The van der Waals surface area contributed by atoms with Gasteiger partial charge in [-0.2, -0.15) is 0 Å². The molecule has 0 aliphatic heterocycles. The number of carbonyl (C=O) groups is 1. The van der Waals surface area contributed by atoms with Crippen LogP contribution in [-0.4, -0.2) is 19.6 Å². The third-order valence-electron chi connectivity index (χ3n) is 3.92. The van der Waals surface area contributed by atoms with E-state index in [-0.39, 0.29) is 17.9 Å². The molecule has 3 heteroatoms. The van der Waals surface area contributed by atoms with Gasteiger partial charge in [0.15, 0.2) is 0 Å². The molecular formula is C17H23NO2. The van der Waals surface area contributed by atoms with Gasteiger partial charge in [-0.3, -0.25) is 4.79 Å². The van der Waals surface area contributed by atoms with E-state index in [4.69, 9.17) is 4.74 Å². The molecule has 0 radical (unpaired) electrons. The summed E-state index contributed by atoms with van der Waals surface area (Å²) >= 11 is 0. The van der Waals surface area contributed by atoms with E-state index in [0.717, 1.165) is 24.8 Å². The first-order valence-electron chi connectivity index (χ1n) is 7.23. The standard InChI is InChI=1S/C17H23NO2/c1-13-8-6-7-11-15(13)16(20-2)12-18-17(19)14-9-4-3-5-10-14/h3-4,6-8,11,14,16H,5,9-10,12H2,1-2H3,(H,18,19)/t14-,16+/m1/s1. The third kappa shape index (κ3) is 3.70. The van der Waals surface area contributed by atoms with Crippen molar-refractivity contribution in [3.05, 3.63) is 47.5 Å². The summed E-state index contributed by atoms with van der Waals surface area (Å²) in [4.78, 5) is 12.1. The van der Waals surface area contributed by atoms with Crippen LogP contribution in [-0.2, 0) is 9.53 Å². The van der Waals surface area contributed by atoms with Crippen LogP contribution in [0.25, 0.3) is 0 Å². The summed E-state index contributed by atoms with van der Waals surface area (Å²) in [5.41, 5.74) is 2.33. The summed E-state index contributed by atoms with van der Waals surface area (Å²) in [6.07, 6.45) is 6.97. The van der Waals surface area contributed by atoms with Gasteiger partial charge in [-0.25, -0.2) is 0 Å². The van der Waals surface area contributed by atoms with Gasteiger partial charge >= 0.3 is 0 Å². The number of amides is 1. The predicted molar refractivity (Wildman–Crippen MR) is 80.4 cm³/mol. The SMILES string of the molecule is CO[C@@H](CNC(=O)[C@@H]1CC=CCC1)c1ccccc1C. The fraction of sp³-hybridized carbons (Fsp3) is 0.471. The molecular weight excluding hydrogens is 250 g/mol. The highest BCUT2D eigenvalue weighted by atomic mass is 16.5. The van der Waals surface area contributed by atoms with Crippen LogP contribution in [0.4, 0.5) is 0 Å². The van der Waals surface area contributed by atoms with Crippen molar-refractivity contribution in [2.45, 2.75) is 32.3 Å². The van der Waals surface area contributed by atoms with Crippen LogP contribution in [0.2, 0.25) is 0 Å². The van der Waals surface area contributed by atoms with Gasteiger partial charge in [-0.05, 0) is 37.3 Å². The molecule has 1 amide bonds. The summed E-state index contributed by atoms with van der Waals surface area (Å²) in [6, 6.07) is 8.13. The monoisotopic (exact) mass is 273 g/mol. The Bertz CT molecular complexity index is 482. The molecule has 1 aliphatic rings. The number of rotatable bonds is 5. The van der Waals surface area contributed by atoms with Crippen LogP contribution < -0.4 is 5.32 Å². The van der Waals surface area contributed by atoms with Crippen LogP contribution in [0.1, 0.15) is 36.5 Å². The molecule has 2 rings (SSSR count). The van der Waals surface area contributed by atoms with Crippen LogP contribution in [0.5, 0.6) is 0 Å². The summed E-state index contributed by atoms with van der Waals surface area (Å²) in [5.74, 6) is 0.263. The minimum Gasteiger partial charge on any atom is -0.375 e. The number of methoxy groups -OCH3 is 1. The van der Waals surface area contributed by atoms with E-state index in [1.54, 1.807) is 7.11 Å². The molecule has 2 atom stereocenters. The molecule has 3 nitrogen and oxygen atoms in total. The number of aryl methyl sites for hydroxylation is 1. The first kappa shape index (κ1) is 14.8. The first-order chi connectivity index (χ1) is 9.72. The maximum Gasteiger partial charge on any atom is 0.223 e. The fourth-order valence-electron chi connectivity index (χ4n) is 2.64. The number of hydrogen-bond donors (Lipinski definition) is 1. The molecule has 0 saturated carbocycles. The third-order valence-corrected chi connectivity index (χ3v) is 3.92. The second-order valence-corrected chi connectivity index (χ2v) is 5.31. The molecule has 1 aliphatic carbocycles. The van der Waals surface area contributed by atoms with Gasteiger partial charge in [0.25, 0.3) is 0 Å². The Balaban J connectivity index is 1.92. The lowest BCUT2D eigenvalue weighted by Crippen LogP contribution is -2.34. The van der Waals surface area contributed by atoms with Gasteiger partial charge in [0.1, 0.15) is 0 Å². The number of ether oxygens (including phenoxy) is 1. The number of hydrogen-bond acceptors (Lipinski definition) is 2. The molecule has 0 heterocycles. The minimum atomic E-state index is -0.0840. The molecule has 1 aromatic rings. The minimum absolute atomic E-state index is 0.0840. The summed E-state index contributed by atoms with van der Waals surface area (Å²) in [6.45, 7) is 2.59. The molecule has 20 heavy (non-hydrogen) atoms. The van der Waals surface area contributed by atoms with E-state index >= 15 is 0 Å². The maximum absolute atomic E-state index is 12.1. The molecule has 0 unspecified atom stereocenters. The van der Waals surface area contributed by atoms with E-state index in [2.05, 4.69) is 36.5 Å². The molecule has 0 aromatic heterocycles. The van der Waals surface area contributed by atoms with Crippen molar-refractivity contribution >= 4 is 5.91 Å². The normalized spacial score (nSPS) is 19.6. The average molecular weight is 273 g/mol. The molecule has 0 spiro atoms. The van der Waals surface area contributed by atoms with E-state index in [1.165, 1.54) is 5.56 Å². The number of benzene rings is 1. The van der Waals surface area contributed by atoms with Gasteiger partial charge < -0.3 is 10.1 Å². The highest BCUT2D eigenvalue weighted by Gasteiger charge is 2.20. The van der Waals surface area contributed by atoms with E-state index in [1.807, 2.05) is 12.1 Å². The lowest BCUT2D eigenvalue weighted by Gasteiger charge is -2.21. The van der Waals surface area contributed by atoms with Crippen molar-refractivity contribution in [1.29, 1.82) is 0 Å². The van der Waals surface area contributed by atoms with Crippen molar-refractivity contribution < 1.29 is 9.53 Å². The van der Waals surface area contributed by atoms with Crippen molar-refractivity contribution in [2.75, 3.05) is 13.7 Å². The maximum atomic E-state index is 12.1. The van der Waals surface area contributed by atoms with Crippen LogP contribution >= 0.6 is 0 Å². The Kier molecular flexibility index (Phi) is 5.36. The molecule has 0 bridgehead atoms. The zero-order valence-electron chi connectivity index (χ0n) is 12.3. The lowest BCUT2D eigenvalue weighted by molar-refractivity contribution is -0.125. The Morgan fingerprint density at radius 1 is 1.40 bits per heavy atom. The van der Waals surface area contributed by atoms with Gasteiger partial charge in [0.2, 0.25) is 5.91 Å². The van der Waals surface area contributed by atoms with Crippen LogP contribution in [0.3, 0.4) is 0 Å². The van der Waals surface area contributed by atoms with Gasteiger partial charge in [-0.15, -0.1) is 0 Å². The largest absolute Gasteiger partial charge is 0.375 e. The first-order valence-corrected chi connectivity index (χ1v) is 7.23. The lowest BCUT2D eigenvalue weighted by atomic mass is 9.93. The van der Waals surface area contributed by atoms with Gasteiger partial charge in [-0.1, -0.05) is 36.4 Å². The smallest absolute Gasteiger partial charge is 0.223 e. The second kappa shape index (κ2) is 7.25. The van der Waals surface area contributed by atoms with E-state index < -0.39 is 0 Å². The second-order valence-electron chi connectivity index (χ2n) is 5.31. The quantitative estimate of drug-likeness (QED) is 0.837. The molecule has 1 aromatic carbocycles. The summed E-state index contributed by atoms with van der Waals surface area (Å²) in [5, 5.41) is 3.03. The molecule has 0 saturated heterocycles. The molecule has 0 fully saturated rings. The topological polar surface area (TPSA) is 38.3 Å². The number of nitrogens with one attached hydrogen (secondary N) is 1. The van der Waals surface area contributed by atoms with Crippen LogP contribution in [0.15, 0.2) is 36.4 Å². The van der Waals surface area contributed by atoms with E-state index in [9.17, 15) is 4.79 Å². The van der Waals surface area contributed by atoms with Crippen molar-refractivity contribution in [3.8, 4) is 0 Å². The van der Waals surface area contributed by atoms with E-state index in [0.29, 0.717) is 6.54 Å². The molecule has 1 N–H and O–H groups in total. The fourth-order valence-corrected chi connectivity index (χ4v) is 2.64. The molecule has 108 valence electrons. The van der Waals surface area contributed by atoms with Crippen molar-refractivity contribution in [3.63, 3.8) is 0 Å².